The van der Waals surface area contributed by atoms with Gasteiger partial charge in [-0.15, -0.1) is 0 Å². The van der Waals surface area contributed by atoms with Crippen LogP contribution in [0.5, 0.6) is 0 Å². The zero-order valence-corrected chi connectivity index (χ0v) is 11.1. The van der Waals surface area contributed by atoms with Crippen LogP contribution >= 0.6 is 11.6 Å². The highest BCUT2D eigenvalue weighted by molar-refractivity contribution is 6.31. The van der Waals surface area contributed by atoms with E-state index < -0.39 is 0 Å². The number of likely N-dealkylation sites (tertiary alicyclic amines) is 1. The van der Waals surface area contributed by atoms with Crippen molar-refractivity contribution in [1.82, 2.24) is 4.90 Å². The Labute approximate surface area is 112 Å². The molecule has 0 atom stereocenters. The maximum Gasteiger partial charge on any atom is 0.238 e. The molecule has 1 aromatic carbocycles. The Morgan fingerprint density at radius 2 is 2.28 bits per heavy atom. The molecule has 1 saturated heterocycles. The Morgan fingerprint density at radius 3 is 2.89 bits per heavy atom. The highest BCUT2D eigenvalue weighted by Crippen LogP contribution is 2.20. The number of aliphatic hydroxyl groups excluding tert-OH is 1. The first kappa shape index (κ1) is 13.3. The summed E-state index contributed by atoms with van der Waals surface area (Å²) in [7, 11) is 0. The van der Waals surface area contributed by atoms with Gasteiger partial charge in [-0.05, 0) is 24.6 Å². The molecule has 5 heteroatoms. The second-order valence-corrected chi connectivity index (χ2v) is 5.16. The van der Waals surface area contributed by atoms with Crippen LogP contribution in [0.1, 0.15) is 5.56 Å². The van der Waals surface area contributed by atoms with Crippen LogP contribution in [0.15, 0.2) is 18.2 Å². The first-order chi connectivity index (χ1) is 8.58. The fourth-order valence-electron chi connectivity index (χ4n) is 2.00. The van der Waals surface area contributed by atoms with Gasteiger partial charge in [0, 0.05) is 36.3 Å². The summed E-state index contributed by atoms with van der Waals surface area (Å²) in [5.41, 5.74) is 1.71. The smallest absolute Gasteiger partial charge is 0.238 e. The number of rotatable bonds is 4. The maximum absolute atomic E-state index is 11.7. The number of amides is 1. The number of aliphatic hydroxyl groups is 1. The Balaban J connectivity index is 1.82. The Bertz CT molecular complexity index is 445. The highest BCUT2D eigenvalue weighted by atomic mass is 35.5. The third-order valence-corrected chi connectivity index (χ3v) is 3.52. The lowest BCUT2D eigenvalue weighted by atomic mass is 10.0. The lowest BCUT2D eigenvalue weighted by Crippen LogP contribution is -2.51. The number of anilines is 1. The van der Waals surface area contributed by atoms with Crippen LogP contribution in [-0.4, -0.2) is 42.2 Å². The number of halogens is 1. The van der Waals surface area contributed by atoms with Crippen LogP contribution in [0.3, 0.4) is 0 Å². The molecular weight excluding hydrogens is 252 g/mol. The van der Waals surface area contributed by atoms with Gasteiger partial charge in [0.1, 0.15) is 0 Å². The minimum Gasteiger partial charge on any atom is -0.396 e. The number of nitrogens with one attached hydrogen (secondary N) is 1. The van der Waals surface area contributed by atoms with E-state index in [1.807, 2.05) is 24.0 Å². The number of carbonyl (C=O) groups is 1. The topological polar surface area (TPSA) is 52.6 Å². The van der Waals surface area contributed by atoms with Crippen molar-refractivity contribution in [3.8, 4) is 0 Å². The SMILES string of the molecule is Cc1ccc(NC(=O)CN2CC(CO)C2)cc1Cl. The average Bonchev–Trinajstić information content (AvgIpc) is 2.28. The van der Waals surface area contributed by atoms with Crippen LogP contribution in [-0.2, 0) is 4.79 Å². The van der Waals surface area contributed by atoms with E-state index in [2.05, 4.69) is 5.32 Å². The first-order valence-corrected chi connectivity index (χ1v) is 6.35. The molecule has 1 heterocycles. The Morgan fingerprint density at radius 1 is 1.56 bits per heavy atom. The molecular formula is C13H17ClN2O2. The summed E-state index contributed by atoms with van der Waals surface area (Å²) >= 11 is 5.99. The van der Waals surface area contributed by atoms with Crippen molar-refractivity contribution in [2.24, 2.45) is 5.92 Å². The predicted octanol–water partition coefficient (Wildman–Crippen LogP) is 1.51. The standard InChI is InChI=1S/C13H17ClN2O2/c1-9-2-3-11(4-12(9)14)15-13(18)7-16-5-10(6-16)8-17/h2-4,10,17H,5-8H2,1H3,(H,15,18). The maximum atomic E-state index is 11.7. The van der Waals surface area contributed by atoms with E-state index in [1.165, 1.54) is 0 Å². The highest BCUT2D eigenvalue weighted by Gasteiger charge is 2.27. The second kappa shape index (κ2) is 5.69. The number of aryl methyl sites for hydroxylation is 1. The van der Waals surface area contributed by atoms with E-state index in [0.717, 1.165) is 24.3 Å². The lowest BCUT2D eigenvalue weighted by molar-refractivity contribution is -0.119. The van der Waals surface area contributed by atoms with E-state index >= 15 is 0 Å². The monoisotopic (exact) mass is 268 g/mol. The molecule has 2 N–H and O–H groups in total. The molecule has 0 radical (unpaired) electrons. The fourth-order valence-corrected chi connectivity index (χ4v) is 2.18. The third-order valence-electron chi connectivity index (χ3n) is 3.11. The molecule has 1 aliphatic rings. The number of nitrogens with zero attached hydrogens (tertiary/aromatic N) is 1. The minimum absolute atomic E-state index is 0.0497. The molecule has 1 fully saturated rings. The minimum atomic E-state index is -0.0497. The molecule has 1 amide bonds. The molecule has 0 aliphatic carbocycles. The Hall–Kier alpha value is -1.10. The molecule has 1 aromatic rings. The molecule has 18 heavy (non-hydrogen) atoms. The summed E-state index contributed by atoms with van der Waals surface area (Å²) in [6.45, 7) is 4.06. The molecule has 0 unspecified atom stereocenters. The van der Waals surface area contributed by atoms with Gasteiger partial charge in [-0.25, -0.2) is 0 Å². The van der Waals surface area contributed by atoms with Gasteiger partial charge in [-0.2, -0.15) is 0 Å². The largest absolute Gasteiger partial charge is 0.396 e. The van der Waals surface area contributed by atoms with Gasteiger partial charge in [0.25, 0.3) is 0 Å². The summed E-state index contributed by atoms with van der Waals surface area (Å²) in [5.74, 6) is 0.276. The van der Waals surface area contributed by atoms with Gasteiger partial charge in [0.2, 0.25) is 5.91 Å². The van der Waals surface area contributed by atoms with Crippen molar-refractivity contribution < 1.29 is 9.90 Å². The molecule has 0 saturated carbocycles. The van der Waals surface area contributed by atoms with Crippen molar-refractivity contribution in [2.45, 2.75) is 6.92 Å². The molecule has 0 spiro atoms. The normalized spacial score (nSPS) is 16.4. The molecule has 0 bridgehead atoms. The van der Waals surface area contributed by atoms with Crippen LogP contribution in [0.2, 0.25) is 5.02 Å². The van der Waals surface area contributed by atoms with Crippen LogP contribution in [0, 0.1) is 12.8 Å². The van der Waals surface area contributed by atoms with E-state index in [1.54, 1.807) is 6.07 Å². The molecule has 2 rings (SSSR count). The van der Waals surface area contributed by atoms with Crippen molar-refractivity contribution >= 4 is 23.2 Å². The summed E-state index contributed by atoms with van der Waals surface area (Å²) in [6.07, 6.45) is 0. The fraction of sp³-hybridized carbons (Fsp3) is 0.462. The summed E-state index contributed by atoms with van der Waals surface area (Å²) in [5, 5.41) is 12.4. The van der Waals surface area contributed by atoms with E-state index in [9.17, 15) is 4.79 Å². The average molecular weight is 269 g/mol. The van der Waals surface area contributed by atoms with Crippen molar-refractivity contribution in [3.05, 3.63) is 28.8 Å². The van der Waals surface area contributed by atoms with Crippen molar-refractivity contribution in [3.63, 3.8) is 0 Å². The molecule has 1 aliphatic heterocycles. The number of carbonyl (C=O) groups excluding carboxylic acids is 1. The molecule has 0 aromatic heterocycles. The first-order valence-electron chi connectivity index (χ1n) is 5.97. The van der Waals surface area contributed by atoms with Crippen LogP contribution in [0.25, 0.3) is 0 Å². The van der Waals surface area contributed by atoms with E-state index in [-0.39, 0.29) is 12.5 Å². The van der Waals surface area contributed by atoms with Crippen molar-refractivity contribution in [2.75, 3.05) is 31.6 Å². The third kappa shape index (κ3) is 3.22. The van der Waals surface area contributed by atoms with Gasteiger partial charge >= 0.3 is 0 Å². The summed E-state index contributed by atoms with van der Waals surface area (Å²) in [4.78, 5) is 13.8. The zero-order chi connectivity index (χ0) is 13.1. The van der Waals surface area contributed by atoms with Gasteiger partial charge in [0.15, 0.2) is 0 Å². The lowest BCUT2D eigenvalue weighted by Gasteiger charge is -2.37. The second-order valence-electron chi connectivity index (χ2n) is 4.75. The van der Waals surface area contributed by atoms with Gasteiger partial charge < -0.3 is 10.4 Å². The molecule has 98 valence electrons. The zero-order valence-electron chi connectivity index (χ0n) is 10.3. The van der Waals surface area contributed by atoms with Crippen LogP contribution in [0.4, 0.5) is 5.69 Å². The molecule has 4 nitrogen and oxygen atoms in total. The van der Waals surface area contributed by atoms with Gasteiger partial charge in [-0.3, -0.25) is 9.69 Å². The van der Waals surface area contributed by atoms with E-state index in [0.29, 0.717) is 17.5 Å². The van der Waals surface area contributed by atoms with Crippen LogP contribution < -0.4 is 5.32 Å². The Kier molecular flexibility index (Phi) is 4.22. The van der Waals surface area contributed by atoms with Gasteiger partial charge in [-0.1, -0.05) is 17.7 Å². The quantitative estimate of drug-likeness (QED) is 0.870. The predicted molar refractivity (Wildman–Crippen MR) is 71.8 cm³/mol. The number of hydrogen-bond acceptors (Lipinski definition) is 3. The number of hydrogen-bond donors (Lipinski definition) is 2. The summed E-state index contributed by atoms with van der Waals surface area (Å²) in [6, 6.07) is 5.47. The number of benzene rings is 1. The summed E-state index contributed by atoms with van der Waals surface area (Å²) < 4.78 is 0. The van der Waals surface area contributed by atoms with Gasteiger partial charge in [0.05, 0.1) is 6.54 Å². The van der Waals surface area contributed by atoms with Crippen molar-refractivity contribution in [1.29, 1.82) is 0 Å². The van der Waals surface area contributed by atoms with E-state index in [4.69, 9.17) is 16.7 Å².